The van der Waals surface area contributed by atoms with Crippen LogP contribution in [-0.4, -0.2) is 25.5 Å². The van der Waals surface area contributed by atoms with Gasteiger partial charge in [0.1, 0.15) is 0 Å². The first-order valence-corrected chi connectivity index (χ1v) is 6.16. The third-order valence-corrected chi connectivity index (χ3v) is 3.06. The minimum Gasteiger partial charge on any atom is -0.354 e. The Kier molecular flexibility index (Phi) is 5.75. The van der Waals surface area contributed by atoms with Gasteiger partial charge < -0.3 is 10.6 Å². The second-order valence-electron chi connectivity index (χ2n) is 3.91. The van der Waals surface area contributed by atoms with Crippen molar-refractivity contribution >= 4 is 29.1 Å². The SMILES string of the molecule is CNC(C)CNC(=O)Cc1cc(Cl)ccc1Cl. The van der Waals surface area contributed by atoms with Crippen molar-refractivity contribution in [3.05, 3.63) is 33.8 Å². The van der Waals surface area contributed by atoms with Crippen LogP contribution in [0.15, 0.2) is 18.2 Å². The van der Waals surface area contributed by atoms with E-state index in [1.807, 2.05) is 14.0 Å². The van der Waals surface area contributed by atoms with Crippen LogP contribution in [0, 0.1) is 0 Å². The zero-order valence-corrected chi connectivity index (χ0v) is 11.4. The molecule has 1 rings (SSSR count). The monoisotopic (exact) mass is 274 g/mol. The molecule has 0 aliphatic heterocycles. The average Bonchev–Trinajstić information content (AvgIpc) is 2.30. The summed E-state index contributed by atoms with van der Waals surface area (Å²) in [7, 11) is 1.85. The van der Waals surface area contributed by atoms with E-state index in [9.17, 15) is 4.79 Å². The second kappa shape index (κ2) is 6.84. The van der Waals surface area contributed by atoms with Crippen LogP contribution in [0.5, 0.6) is 0 Å². The van der Waals surface area contributed by atoms with Gasteiger partial charge in [0.2, 0.25) is 5.91 Å². The molecular formula is C12H16Cl2N2O. The van der Waals surface area contributed by atoms with Gasteiger partial charge in [-0.2, -0.15) is 0 Å². The van der Waals surface area contributed by atoms with Gasteiger partial charge in [-0.25, -0.2) is 0 Å². The third kappa shape index (κ3) is 4.94. The number of amides is 1. The number of carbonyl (C=O) groups excluding carboxylic acids is 1. The first-order valence-electron chi connectivity index (χ1n) is 5.41. The van der Waals surface area contributed by atoms with E-state index in [1.54, 1.807) is 18.2 Å². The number of hydrogen-bond donors (Lipinski definition) is 2. The Bertz CT molecular complexity index is 396. The van der Waals surface area contributed by atoms with Gasteiger partial charge in [-0.3, -0.25) is 4.79 Å². The highest BCUT2D eigenvalue weighted by Crippen LogP contribution is 2.20. The Hall–Kier alpha value is -0.770. The molecule has 0 fully saturated rings. The topological polar surface area (TPSA) is 41.1 Å². The highest BCUT2D eigenvalue weighted by atomic mass is 35.5. The minimum absolute atomic E-state index is 0.0590. The van der Waals surface area contributed by atoms with Crippen molar-refractivity contribution < 1.29 is 4.79 Å². The molecular weight excluding hydrogens is 259 g/mol. The molecule has 0 saturated carbocycles. The van der Waals surface area contributed by atoms with Crippen molar-refractivity contribution in [2.24, 2.45) is 0 Å². The van der Waals surface area contributed by atoms with Crippen molar-refractivity contribution in [3.63, 3.8) is 0 Å². The van der Waals surface area contributed by atoms with E-state index in [0.29, 0.717) is 16.6 Å². The van der Waals surface area contributed by atoms with E-state index >= 15 is 0 Å². The quantitative estimate of drug-likeness (QED) is 0.865. The summed E-state index contributed by atoms with van der Waals surface area (Å²) in [6.45, 7) is 2.58. The maximum Gasteiger partial charge on any atom is 0.224 e. The van der Waals surface area contributed by atoms with Gasteiger partial charge in [0.25, 0.3) is 0 Å². The van der Waals surface area contributed by atoms with Crippen molar-refractivity contribution in [2.75, 3.05) is 13.6 Å². The van der Waals surface area contributed by atoms with E-state index in [4.69, 9.17) is 23.2 Å². The average molecular weight is 275 g/mol. The first-order chi connectivity index (χ1) is 8.02. The molecule has 0 aliphatic rings. The van der Waals surface area contributed by atoms with E-state index < -0.39 is 0 Å². The predicted molar refractivity (Wildman–Crippen MR) is 71.7 cm³/mol. The Morgan fingerprint density at radius 3 is 2.76 bits per heavy atom. The fourth-order valence-corrected chi connectivity index (χ4v) is 1.66. The third-order valence-electron chi connectivity index (χ3n) is 2.46. The molecule has 17 heavy (non-hydrogen) atoms. The smallest absolute Gasteiger partial charge is 0.224 e. The molecule has 5 heteroatoms. The van der Waals surface area contributed by atoms with Crippen LogP contribution in [0.1, 0.15) is 12.5 Å². The lowest BCUT2D eigenvalue weighted by Gasteiger charge is -2.11. The van der Waals surface area contributed by atoms with Crippen molar-refractivity contribution in [1.82, 2.24) is 10.6 Å². The number of benzene rings is 1. The molecule has 1 aromatic rings. The number of rotatable bonds is 5. The van der Waals surface area contributed by atoms with Crippen LogP contribution >= 0.6 is 23.2 Å². The molecule has 2 N–H and O–H groups in total. The number of carbonyl (C=O) groups is 1. The fraction of sp³-hybridized carbons (Fsp3) is 0.417. The van der Waals surface area contributed by atoms with Gasteiger partial charge in [0.05, 0.1) is 6.42 Å². The lowest BCUT2D eigenvalue weighted by atomic mass is 10.1. The van der Waals surface area contributed by atoms with E-state index in [1.165, 1.54) is 0 Å². The molecule has 1 amide bonds. The van der Waals surface area contributed by atoms with E-state index in [2.05, 4.69) is 10.6 Å². The molecule has 0 aliphatic carbocycles. The number of likely N-dealkylation sites (N-methyl/N-ethyl adjacent to an activating group) is 1. The van der Waals surface area contributed by atoms with E-state index in [-0.39, 0.29) is 18.4 Å². The Morgan fingerprint density at radius 1 is 1.41 bits per heavy atom. The van der Waals surface area contributed by atoms with Gasteiger partial charge in [0.15, 0.2) is 0 Å². The second-order valence-corrected chi connectivity index (χ2v) is 4.75. The summed E-state index contributed by atoms with van der Waals surface area (Å²) in [5, 5.41) is 7.01. The molecule has 0 spiro atoms. The summed E-state index contributed by atoms with van der Waals surface area (Å²) >= 11 is 11.8. The fourth-order valence-electron chi connectivity index (χ4n) is 1.28. The molecule has 1 atom stereocenters. The molecule has 0 saturated heterocycles. The lowest BCUT2D eigenvalue weighted by molar-refractivity contribution is -0.120. The highest BCUT2D eigenvalue weighted by molar-refractivity contribution is 6.33. The number of hydrogen-bond acceptors (Lipinski definition) is 2. The van der Waals surface area contributed by atoms with Crippen molar-refractivity contribution in [1.29, 1.82) is 0 Å². The summed E-state index contributed by atoms with van der Waals surface area (Å²) in [5.41, 5.74) is 0.744. The molecule has 0 aromatic heterocycles. The first kappa shape index (κ1) is 14.3. The number of nitrogens with one attached hydrogen (secondary N) is 2. The Balaban J connectivity index is 2.53. The molecule has 1 aromatic carbocycles. The van der Waals surface area contributed by atoms with Gasteiger partial charge in [0, 0.05) is 22.6 Å². The van der Waals surface area contributed by atoms with Gasteiger partial charge in [-0.15, -0.1) is 0 Å². The van der Waals surface area contributed by atoms with Gasteiger partial charge in [-0.05, 0) is 37.7 Å². The Labute approximate surface area is 111 Å². The summed E-state index contributed by atoms with van der Waals surface area (Å²) in [4.78, 5) is 11.7. The Morgan fingerprint density at radius 2 is 2.12 bits per heavy atom. The lowest BCUT2D eigenvalue weighted by Crippen LogP contribution is -2.37. The van der Waals surface area contributed by atoms with Crippen LogP contribution in [0.4, 0.5) is 0 Å². The van der Waals surface area contributed by atoms with E-state index in [0.717, 1.165) is 5.56 Å². The molecule has 0 radical (unpaired) electrons. The molecule has 0 heterocycles. The van der Waals surface area contributed by atoms with Gasteiger partial charge >= 0.3 is 0 Å². The zero-order valence-electron chi connectivity index (χ0n) is 9.89. The molecule has 94 valence electrons. The number of halogens is 2. The van der Waals surface area contributed by atoms with Crippen LogP contribution in [0.3, 0.4) is 0 Å². The molecule has 3 nitrogen and oxygen atoms in total. The van der Waals surface area contributed by atoms with Crippen molar-refractivity contribution in [2.45, 2.75) is 19.4 Å². The van der Waals surface area contributed by atoms with Crippen LogP contribution in [0.2, 0.25) is 10.0 Å². The largest absolute Gasteiger partial charge is 0.354 e. The summed E-state index contributed by atoms with van der Waals surface area (Å²) in [5.74, 6) is -0.0590. The highest BCUT2D eigenvalue weighted by Gasteiger charge is 2.08. The van der Waals surface area contributed by atoms with Crippen LogP contribution in [-0.2, 0) is 11.2 Å². The summed E-state index contributed by atoms with van der Waals surface area (Å²) in [6, 6.07) is 5.36. The van der Waals surface area contributed by atoms with Crippen LogP contribution < -0.4 is 10.6 Å². The zero-order chi connectivity index (χ0) is 12.8. The molecule has 0 bridgehead atoms. The maximum atomic E-state index is 11.7. The standard InChI is InChI=1S/C12H16Cl2N2O/c1-8(15-2)7-16-12(17)6-9-5-10(13)3-4-11(9)14/h3-5,8,15H,6-7H2,1-2H3,(H,16,17). The normalized spacial score (nSPS) is 12.2. The summed E-state index contributed by atoms with van der Waals surface area (Å²) < 4.78 is 0. The maximum absolute atomic E-state index is 11.7. The van der Waals surface area contributed by atoms with Crippen LogP contribution in [0.25, 0.3) is 0 Å². The minimum atomic E-state index is -0.0590. The molecule has 1 unspecified atom stereocenters. The van der Waals surface area contributed by atoms with Gasteiger partial charge in [-0.1, -0.05) is 23.2 Å². The summed E-state index contributed by atoms with van der Waals surface area (Å²) in [6.07, 6.45) is 0.246. The predicted octanol–water partition coefficient (Wildman–Crippen LogP) is 2.26. The van der Waals surface area contributed by atoms with Crippen molar-refractivity contribution in [3.8, 4) is 0 Å².